The predicted molar refractivity (Wildman–Crippen MR) is 99.5 cm³/mol. The van der Waals surface area contributed by atoms with Gasteiger partial charge in [-0.15, -0.1) is 0 Å². The number of aromatic nitrogens is 3. The number of hydrogen-bond acceptors (Lipinski definition) is 4. The Bertz CT molecular complexity index is 835. The topological polar surface area (TPSA) is 71.3 Å². The van der Waals surface area contributed by atoms with E-state index in [2.05, 4.69) is 29.1 Å². The third-order valence-electron chi connectivity index (χ3n) is 5.95. The Kier molecular flexibility index (Phi) is 4.68. The van der Waals surface area contributed by atoms with Gasteiger partial charge in [0.2, 0.25) is 11.8 Å². The van der Waals surface area contributed by atoms with Gasteiger partial charge >= 0.3 is 0 Å². The number of rotatable bonds is 4. The summed E-state index contributed by atoms with van der Waals surface area (Å²) < 4.78 is 1.68. The molecule has 0 saturated carbocycles. The van der Waals surface area contributed by atoms with Crippen LogP contribution in [0.25, 0.3) is 0 Å². The summed E-state index contributed by atoms with van der Waals surface area (Å²) in [5.74, 6) is 0.902. The van der Waals surface area contributed by atoms with E-state index in [1.165, 1.54) is 17.5 Å². The fourth-order valence-electron chi connectivity index (χ4n) is 4.61. The van der Waals surface area contributed by atoms with E-state index in [1.807, 2.05) is 21.9 Å². The van der Waals surface area contributed by atoms with Crippen LogP contribution in [-0.2, 0) is 16.1 Å². The van der Waals surface area contributed by atoms with Crippen LogP contribution in [0, 0.1) is 18.8 Å². The lowest BCUT2D eigenvalue weighted by Crippen LogP contribution is -2.37. The first-order valence-electron chi connectivity index (χ1n) is 9.47. The van der Waals surface area contributed by atoms with Gasteiger partial charge in [-0.05, 0) is 18.1 Å². The van der Waals surface area contributed by atoms with Gasteiger partial charge in [0.25, 0.3) is 0 Å². The van der Waals surface area contributed by atoms with E-state index in [0.29, 0.717) is 31.3 Å². The molecule has 0 unspecified atom stereocenters. The molecule has 0 radical (unpaired) electrons. The second kappa shape index (κ2) is 7.13. The standard InChI is InChI=1S/C20H25N5O2/c1-14-5-3-4-6-17(14)20-18-11-23(9-16(18)10-25(20)15(2)26)19(27)7-8-24-13-21-12-22-24/h3-6,12-13,16,18,20H,7-11H2,1-2H3/t16-,18-,20+/m1/s1. The quantitative estimate of drug-likeness (QED) is 0.824. The predicted octanol–water partition coefficient (Wildman–Crippen LogP) is 1.65. The molecule has 3 atom stereocenters. The minimum Gasteiger partial charge on any atom is -0.342 e. The first kappa shape index (κ1) is 17.7. The molecule has 3 heterocycles. The number of nitrogens with zero attached hydrogens (tertiary/aromatic N) is 5. The zero-order valence-electron chi connectivity index (χ0n) is 15.8. The maximum absolute atomic E-state index is 12.7. The second-order valence-corrected chi connectivity index (χ2v) is 7.60. The molecular weight excluding hydrogens is 342 g/mol. The van der Waals surface area contributed by atoms with Crippen LogP contribution in [0.3, 0.4) is 0 Å². The van der Waals surface area contributed by atoms with E-state index in [-0.39, 0.29) is 17.9 Å². The summed E-state index contributed by atoms with van der Waals surface area (Å²) in [4.78, 5) is 32.8. The molecule has 142 valence electrons. The zero-order valence-corrected chi connectivity index (χ0v) is 15.8. The highest BCUT2D eigenvalue weighted by Gasteiger charge is 2.49. The van der Waals surface area contributed by atoms with Crippen molar-refractivity contribution in [3.8, 4) is 0 Å². The third kappa shape index (κ3) is 3.34. The van der Waals surface area contributed by atoms with Gasteiger partial charge in [0.15, 0.2) is 0 Å². The number of hydrogen-bond donors (Lipinski definition) is 0. The molecule has 2 aromatic rings. The molecule has 2 aliphatic rings. The van der Waals surface area contributed by atoms with E-state index >= 15 is 0 Å². The first-order valence-corrected chi connectivity index (χ1v) is 9.47. The van der Waals surface area contributed by atoms with Crippen molar-refractivity contribution in [2.45, 2.75) is 32.9 Å². The molecular formula is C20H25N5O2. The number of carbonyl (C=O) groups excluding carboxylic acids is 2. The molecule has 2 fully saturated rings. The lowest BCUT2D eigenvalue weighted by Gasteiger charge is -2.30. The van der Waals surface area contributed by atoms with Crippen LogP contribution in [-0.4, -0.2) is 56.0 Å². The van der Waals surface area contributed by atoms with Gasteiger partial charge in [0, 0.05) is 44.8 Å². The SMILES string of the molecule is CC(=O)N1C[C@H]2CN(C(=O)CCn3cncn3)C[C@H]2[C@@H]1c1ccccc1C. The van der Waals surface area contributed by atoms with Gasteiger partial charge < -0.3 is 9.80 Å². The van der Waals surface area contributed by atoms with Crippen molar-refractivity contribution in [2.24, 2.45) is 11.8 Å². The molecule has 4 rings (SSSR count). The fraction of sp³-hybridized carbons (Fsp3) is 0.500. The van der Waals surface area contributed by atoms with Crippen LogP contribution >= 0.6 is 0 Å². The third-order valence-corrected chi connectivity index (χ3v) is 5.95. The number of fused-ring (bicyclic) bond motifs is 1. The molecule has 0 N–H and O–H groups in total. The van der Waals surface area contributed by atoms with Gasteiger partial charge in [0.1, 0.15) is 12.7 Å². The molecule has 2 saturated heterocycles. The first-order chi connectivity index (χ1) is 13.0. The molecule has 1 aromatic carbocycles. The maximum atomic E-state index is 12.7. The minimum atomic E-state index is 0.0572. The Morgan fingerprint density at radius 3 is 2.70 bits per heavy atom. The lowest BCUT2D eigenvalue weighted by atomic mass is 9.87. The molecule has 2 amide bonds. The van der Waals surface area contributed by atoms with Crippen LogP contribution < -0.4 is 0 Å². The highest BCUT2D eigenvalue weighted by molar-refractivity contribution is 5.77. The van der Waals surface area contributed by atoms with Crippen LogP contribution in [0.15, 0.2) is 36.9 Å². The lowest BCUT2D eigenvalue weighted by molar-refractivity contribution is -0.132. The Balaban J connectivity index is 1.49. The van der Waals surface area contributed by atoms with E-state index in [4.69, 9.17) is 0 Å². The maximum Gasteiger partial charge on any atom is 0.224 e. The van der Waals surface area contributed by atoms with Crippen LogP contribution in [0.2, 0.25) is 0 Å². The number of aryl methyl sites for hydroxylation is 2. The molecule has 0 bridgehead atoms. The Morgan fingerprint density at radius 2 is 2.00 bits per heavy atom. The van der Waals surface area contributed by atoms with Gasteiger partial charge in [0.05, 0.1) is 12.6 Å². The smallest absolute Gasteiger partial charge is 0.224 e. The summed E-state index contributed by atoms with van der Waals surface area (Å²) >= 11 is 0. The van der Waals surface area contributed by atoms with E-state index in [1.54, 1.807) is 17.9 Å². The molecule has 0 spiro atoms. The van der Waals surface area contributed by atoms with Crippen molar-refractivity contribution in [3.05, 3.63) is 48.0 Å². The van der Waals surface area contributed by atoms with Crippen molar-refractivity contribution in [1.82, 2.24) is 24.6 Å². The summed E-state index contributed by atoms with van der Waals surface area (Å²) in [6.07, 6.45) is 3.53. The number of likely N-dealkylation sites (tertiary alicyclic amines) is 2. The van der Waals surface area contributed by atoms with Gasteiger partial charge in [-0.1, -0.05) is 24.3 Å². The van der Waals surface area contributed by atoms with Crippen LogP contribution in [0.1, 0.15) is 30.5 Å². The summed E-state index contributed by atoms with van der Waals surface area (Å²) in [6.45, 7) is 6.46. The number of amides is 2. The fourth-order valence-corrected chi connectivity index (χ4v) is 4.61. The molecule has 1 aromatic heterocycles. The van der Waals surface area contributed by atoms with Crippen molar-refractivity contribution in [1.29, 1.82) is 0 Å². The molecule has 27 heavy (non-hydrogen) atoms. The summed E-state index contributed by atoms with van der Waals surface area (Å²) in [5, 5.41) is 4.05. The molecule has 7 heteroatoms. The summed E-state index contributed by atoms with van der Waals surface area (Å²) in [6, 6.07) is 8.33. The average Bonchev–Trinajstić information content (AvgIpc) is 3.36. The molecule has 2 aliphatic heterocycles. The second-order valence-electron chi connectivity index (χ2n) is 7.60. The highest BCUT2D eigenvalue weighted by atomic mass is 16.2. The van der Waals surface area contributed by atoms with Crippen molar-refractivity contribution in [2.75, 3.05) is 19.6 Å². The van der Waals surface area contributed by atoms with E-state index < -0.39 is 0 Å². The summed E-state index contributed by atoms with van der Waals surface area (Å²) in [7, 11) is 0. The van der Waals surface area contributed by atoms with Gasteiger partial charge in [-0.25, -0.2) is 4.98 Å². The minimum absolute atomic E-state index is 0.0572. The molecule has 0 aliphatic carbocycles. The Morgan fingerprint density at radius 1 is 1.19 bits per heavy atom. The van der Waals surface area contributed by atoms with Gasteiger partial charge in [-0.2, -0.15) is 5.10 Å². The average molecular weight is 367 g/mol. The molecule has 7 nitrogen and oxygen atoms in total. The summed E-state index contributed by atoms with van der Waals surface area (Å²) in [5.41, 5.74) is 2.41. The Hall–Kier alpha value is -2.70. The Labute approximate surface area is 159 Å². The van der Waals surface area contributed by atoms with Crippen LogP contribution in [0.5, 0.6) is 0 Å². The number of carbonyl (C=O) groups is 2. The number of benzene rings is 1. The monoisotopic (exact) mass is 367 g/mol. The van der Waals surface area contributed by atoms with E-state index in [9.17, 15) is 9.59 Å². The van der Waals surface area contributed by atoms with Crippen molar-refractivity contribution < 1.29 is 9.59 Å². The van der Waals surface area contributed by atoms with Gasteiger partial charge in [-0.3, -0.25) is 14.3 Å². The largest absolute Gasteiger partial charge is 0.342 e. The normalized spacial score (nSPS) is 24.3. The van der Waals surface area contributed by atoms with Crippen molar-refractivity contribution in [3.63, 3.8) is 0 Å². The van der Waals surface area contributed by atoms with Crippen molar-refractivity contribution >= 4 is 11.8 Å². The van der Waals surface area contributed by atoms with E-state index in [0.717, 1.165) is 13.1 Å². The zero-order chi connectivity index (χ0) is 19.0. The van der Waals surface area contributed by atoms with Crippen LogP contribution in [0.4, 0.5) is 0 Å². The highest BCUT2D eigenvalue weighted by Crippen LogP contribution is 2.45.